The minimum Gasteiger partial charge on any atom is -0.392 e. The lowest BCUT2D eigenvalue weighted by atomic mass is 10.2. The highest BCUT2D eigenvalue weighted by molar-refractivity contribution is 14.1. The highest BCUT2D eigenvalue weighted by Crippen LogP contribution is 2.21. The third-order valence-electron chi connectivity index (χ3n) is 1.26. The molecule has 0 bridgehead atoms. The Morgan fingerprint density at radius 3 is 2.73 bits per heavy atom. The van der Waals surface area contributed by atoms with Crippen molar-refractivity contribution in [1.82, 2.24) is 0 Å². The molecule has 0 radical (unpaired) electrons. The van der Waals surface area contributed by atoms with Gasteiger partial charge in [-0.1, -0.05) is 11.6 Å². The van der Waals surface area contributed by atoms with E-state index < -0.39 is 5.82 Å². The van der Waals surface area contributed by atoms with Crippen LogP contribution < -0.4 is 0 Å². The van der Waals surface area contributed by atoms with E-state index in [2.05, 4.69) is 0 Å². The number of hydrogen-bond donors (Lipinski definition) is 1. The fraction of sp³-hybridized carbons (Fsp3) is 0.143. The van der Waals surface area contributed by atoms with Crippen molar-refractivity contribution < 1.29 is 9.50 Å². The fourth-order valence-electron chi connectivity index (χ4n) is 0.685. The molecule has 0 aliphatic heterocycles. The Morgan fingerprint density at radius 2 is 2.18 bits per heavy atom. The van der Waals surface area contributed by atoms with Crippen LogP contribution in [0.2, 0.25) is 5.02 Å². The zero-order chi connectivity index (χ0) is 8.43. The largest absolute Gasteiger partial charge is 0.392 e. The van der Waals surface area contributed by atoms with Crippen LogP contribution in [-0.4, -0.2) is 5.11 Å². The van der Waals surface area contributed by atoms with Gasteiger partial charge >= 0.3 is 0 Å². The standard InChI is InChI=1S/C7H5ClFIO/c8-5-2-7(10)4(3-11)1-6(5)9/h1-2,11H,3H2. The van der Waals surface area contributed by atoms with Crippen LogP contribution in [0.3, 0.4) is 0 Å². The van der Waals surface area contributed by atoms with Gasteiger partial charge in [0.25, 0.3) is 0 Å². The predicted octanol–water partition coefficient (Wildman–Crippen LogP) is 2.58. The minimum atomic E-state index is -0.490. The molecule has 0 spiro atoms. The molecule has 0 aromatic heterocycles. The Morgan fingerprint density at radius 1 is 1.55 bits per heavy atom. The molecule has 0 unspecified atom stereocenters. The van der Waals surface area contributed by atoms with Crippen molar-refractivity contribution in [2.75, 3.05) is 0 Å². The second kappa shape index (κ2) is 3.69. The van der Waals surface area contributed by atoms with Gasteiger partial charge in [0.2, 0.25) is 0 Å². The number of hydrogen-bond acceptors (Lipinski definition) is 1. The molecule has 4 heteroatoms. The molecule has 1 nitrogen and oxygen atoms in total. The summed E-state index contributed by atoms with van der Waals surface area (Å²) in [6.45, 7) is -0.160. The van der Waals surface area contributed by atoms with Crippen LogP contribution in [-0.2, 0) is 6.61 Å². The Bertz CT molecular complexity index is 277. The zero-order valence-corrected chi connectivity index (χ0v) is 8.36. The summed E-state index contributed by atoms with van der Waals surface area (Å²) < 4.78 is 13.5. The van der Waals surface area contributed by atoms with E-state index in [9.17, 15) is 4.39 Å². The molecule has 0 atom stereocenters. The molecule has 0 saturated heterocycles. The third kappa shape index (κ3) is 2.04. The maximum absolute atomic E-state index is 12.7. The molecule has 0 saturated carbocycles. The maximum Gasteiger partial charge on any atom is 0.142 e. The summed E-state index contributed by atoms with van der Waals surface area (Å²) in [5.74, 6) is -0.490. The summed E-state index contributed by atoms with van der Waals surface area (Å²) in [5.41, 5.74) is 0.563. The lowest BCUT2D eigenvalue weighted by Crippen LogP contribution is -1.90. The fourth-order valence-corrected chi connectivity index (χ4v) is 1.67. The monoisotopic (exact) mass is 286 g/mol. The van der Waals surface area contributed by atoms with Gasteiger partial charge in [0.1, 0.15) is 5.82 Å². The molecule has 1 aromatic carbocycles. The van der Waals surface area contributed by atoms with E-state index in [0.29, 0.717) is 5.56 Å². The molecular formula is C7H5ClFIO. The molecular weight excluding hydrogens is 281 g/mol. The van der Waals surface area contributed by atoms with E-state index in [4.69, 9.17) is 16.7 Å². The second-order valence-electron chi connectivity index (χ2n) is 2.02. The lowest BCUT2D eigenvalue weighted by molar-refractivity contribution is 0.280. The van der Waals surface area contributed by atoms with Crippen molar-refractivity contribution in [1.29, 1.82) is 0 Å². The molecule has 0 fully saturated rings. The highest BCUT2D eigenvalue weighted by Gasteiger charge is 2.04. The van der Waals surface area contributed by atoms with Crippen LogP contribution in [0, 0.1) is 9.39 Å². The van der Waals surface area contributed by atoms with Crippen molar-refractivity contribution in [3.05, 3.63) is 32.1 Å². The molecule has 0 amide bonds. The van der Waals surface area contributed by atoms with Crippen LogP contribution in [0.5, 0.6) is 0 Å². The molecule has 11 heavy (non-hydrogen) atoms. The Labute approximate surface area is 82.3 Å². The number of halogens is 3. The first-order chi connectivity index (χ1) is 5.15. The number of benzene rings is 1. The Hall–Kier alpha value is 0.130. The number of aliphatic hydroxyl groups is 1. The van der Waals surface area contributed by atoms with Gasteiger partial charge in [-0.3, -0.25) is 0 Å². The first-order valence-electron chi connectivity index (χ1n) is 2.89. The van der Waals surface area contributed by atoms with Crippen LogP contribution in [0.4, 0.5) is 4.39 Å². The van der Waals surface area contributed by atoms with Crippen molar-refractivity contribution in [2.24, 2.45) is 0 Å². The van der Waals surface area contributed by atoms with Crippen LogP contribution >= 0.6 is 34.2 Å². The van der Waals surface area contributed by atoms with Gasteiger partial charge in [-0.25, -0.2) is 4.39 Å². The first kappa shape index (κ1) is 9.22. The topological polar surface area (TPSA) is 20.2 Å². The average molecular weight is 286 g/mol. The van der Waals surface area contributed by atoms with E-state index in [1.54, 1.807) is 0 Å². The minimum absolute atomic E-state index is 0.0894. The van der Waals surface area contributed by atoms with E-state index in [0.717, 1.165) is 3.57 Å². The quantitative estimate of drug-likeness (QED) is 0.621. The summed E-state index contributed by atoms with van der Waals surface area (Å²) >= 11 is 7.47. The number of aliphatic hydroxyl groups excluding tert-OH is 1. The summed E-state index contributed by atoms with van der Waals surface area (Å²) in [7, 11) is 0. The zero-order valence-electron chi connectivity index (χ0n) is 5.44. The molecule has 1 rings (SSSR count). The molecule has 0 heterocycles. The van der Waals surface area contributed by atoms with Crippen LogP contribution in [0.1, 0.15) is 5.56 Å². The van der Waals surface area contributed by atoms with E-state index in [1.165, 1.54) is 12.1 Å². The first-order valence-corrected chi connectivity index (χ1v) is 4.35. The smallest absolute Gasteiger partial charge is 0.142 e. The summed E-state index contributed by atoms with van der Waals surface area (Å²) in [6.07, 6.45) is 0. The van der Waals surface area contributed by atoms with Gasteiger partial charge in [0.15, 0.2) is 0 Å². The molecule has 1 aromatic rings. The summed E-state index contributed by atoms with van der Waals surface area (Å²) in [6, 6.07) is 2.73. The van der Waals surface area contributed by atoms with Crippen LogP contribution in [0.25, 0.3) is 0 Å². The van der Waals surface area contributed by atoms with Crippen molar-refractivity contribution >= 4 is 34.2 Å². The van der Waals surface area contributed by atoms with Crippen LogP contribution in [0.15, 0.2) is 12.1 Å². The van der Waals surface area contributed by atoms with Gasteiger partial charge in [0.05, 0.1) is 11.6 Å². The highest BCUT2D eigenvalue weighted by atomic mass is 127. The third-order valence-corrected chi connectivity index (χ3v) is 2.55. The van der Waals surface area contributed by atoms with E-state index in [-0.39, 0.29) is 11.6 Å². The van der Waals surface area contributed by atoms with Gasteiger partial charge in [-0.2, -0.15) is 0 Å². The normalized spacial score (nSPS) is 10.2. The van der Waals surface area contributed by atoms with Crippen molar-refractivity contribution in [3.63, 3.8) is 0 Å². The van der Waals surface area contributed by atoms with Crippen molar-refractivity contribution in [3.8, 4) is 0 Å². The predicted molar refractivity (Wildman–Crippen MR) is 50.0 cm³/mol. The van der Waals surface area contributed by atoms with Gasteiger partial charge in [-0.05, 0) is 40.3 Å². The van der Waals surface area contributed by atoms with Gasteiger partial charge in [0, 0.05) is 3.57 Å². The summed E-state index contributed by atoms with van der Waals surface area (Å²) in [5, 5.41) is 8.81. The average Bonchev–Trinajstić information content (AvgIpc) is 1.97. The molecule has 0 aliphatic rings. The lowest BCUT2D eigenvalue weighted by Gasteiger charge is -2.01. The maximum atomic E-state index is 12.7. The Kier molecular flexibility index (Phi) is 3.09. The Balaban J connectivity index is 3.21. The van der Waals surface area contributed by atoms with E-state index in [1.807, 2.05) is 22.6 Å². The molecule has 1 N–H and O–H groups in total. The molecule has 60 valence electrons. The van der Waals surface area contributed by atoms with Crippen molar-refractivity contribution in [2.45, 2.75) is 6.61 Å². The van der Waals surface area contributed by atoms with E-state index >= 15 is 0 Å². The molecule has 0 aliphatic carbocycles. The summed E-state index contributed by atoms with van der Waals surface area (Å²) in [4.78, 5) is 0. The van der Waals surface area contributed by atoms with Gasteiger partial charge in [-0.15, -0.1) is 0 Å². The van der Waals surface area contributed by atoms with Gasteiger partial charge < -0.3 is 5.11 Å². The SMILES string of the molecule is OCc1cc(F)c(Cl)cc1I. The second-order valence-corrected chi connectivity index (χ2v) is 3.59. The number of rotatable bonds is 1.